The molecule has 1 aliphatic heterocycles. The Morgan fingerprint density at radius 3 is 2.54 bits per heavy atom. The van der Waals surface area contributed by atoms with Gasteiger partial charge in [-0.05, 0) is 23.8 Å². The van der Waals surface area contributed by atoms with E-state index in [1.807, 2.05) is 0 Å². The van der Waals surface area contributed by atoms with Gasteiger partial charge in [0.25, 0.3) is 11.8 Å². The number of ether oxygens (including phenoxy) is 1. The van der Waals surface area contributed by atoms with Gasteiger partial charge in [-0.2, -0.15) is 0 Å². The molecular weight excluding hydrogens is 332 g/mol. The summed E-state index contributed by atoms with van der Waals surface area (Å²) < 4.78 is 5.11. The van der Waals surface area contributed by atoms with Gasteiger partial charge in [-0.25, -0.2) is 4.79 Å². The molecule has 2 aromatic carbocycles. The van der Waals surface area contributed by atoms with E-state index in [0.29, 0.717) is 5.56 Å². The van der Waals surface area contributed by atoms with Crippen molar-refractivity contribution in [1.82, 2.24) is 10.9 Å². The first kappa shape index (κ1) is 16.0. The highest BCUT2D eigenvalue weighted by Crippen LogP contribution is 2.20. The van der Waals surface area contributed by atoms with Crippen LogP contribution in [-0.4, -0.2) is 23.9 Å². The third kappa shape index (κ3) is 3.23. The van der Waals surface area contributed by atoms with Gasteiger partial charge < -0.3 is 4.74 Å². The SMILES string of the molecule is O=C(NNC(=O)C1Cc2ccccc2C(=O)O1)c1ccccc1Cl. The van der Waals surface area contributed by atoms with Crippen LogP contribution in [0.2, 0.25) is 5.02 Å². The molecule has 6 nitrogen and oxygen atoms in total. The lowest BCUT2D eigenvalue weighted by Crippen LogP contribution is -2.49. The van der Waals surface area contributed by atoms with Crippen molar-refractivity contribution in [2.75, 3.05) is 0 Å². The van der Waals surface area contributed by atoms with Crippen molar-refractivity contribution >= 4 is 29.4 Å². The molecule has 24 heavy (non-hydrogen) atoms. The lowest BCUT2D eigenvalue weighted by Gasteiger charge is -2.23. The molecule has 3 rings (SSSR count). The third-order valence-electron chi connectivity index (χ3n) is 3.60. The van der Waals surface area contributed by atoms with E-state index in [-0.39, 0.29) is 17.0 Å². The van der Waals surface area contributed by atoms with E-state index in [4.69, 9.17) is 16.3 Å². The minimum Gasteiger partial charge on any atom is -0.448 e. The number of benzene rings is 2. The maximum absolute atomic E-state index is 12.1. The molecule has 7 heteroatoms. The summed E-state index contributed by atoms with van der Waals surface area (Å²) in [6.45, 7) is 0. The second kappa shape index (κ2) is 6.72. The van der Waals surface area contributed by atoms with Gasteiger partial charge in [0.2, 0.25) is 0 Å². The Labute approximate surface area is 142 Å². The van der Waals surface area contributed by atoms with Gasteiger partial charge in [-0.1, -0.05) is 41.9 Å². The average Bonchev–Trinajstić information content (AvgIpc) is 2.59. The van der Waals surface area contributed by atoms with Crippen molar-refractivity contribution in [3.05, 3.63) is 70.2 Å². The quantitative estimate of drug-likeness (QED) is 0.643. The fourth-order valence-corrected chi connectivity index (χ4v) is 2.61. The van der Waals surface area contributed by atoms with E-state index >= 15 is 0 Å². The maximum atomic E-state index is 12.1. The summed E-state index contributed by atoms with van der Waals surface area (Å²) >= 11 is 5.92. The number of hydrazine groups is 1. The zero-order valence-corrected chi connectivity index (χ0v) is 13.2. The summed E-state index contributed by atoms with van der Waals surface area (Å²) in [4.78, 5) is 36.0. The Hall–Kier alpha value is -2.86. The van der Waals surface area contributed by atoms with Gasteiger partial charge in [0, 0.05) is 6.42 Å². The fraction of sp³-hybridized carbons (Fsp3) is 0.118. The number of hydrogen-bond acceptors (Lipinski definition) is 4. The predicted molar refractivity (Wildman–Crippen MR) is 86.4 cm³/mol. The molecule has 0 fully saturated rings. The number of halogens is 1. The Kier molecular flexibility index (Phi) is 4.48. The predicted octanol–water partition coefficient (Wildman–Crippen LogP) is 1.88. The normalized spacial score (nSPS) is 15.9. The van der Waals surface area contributed by atoms with E-state index < -0.39 is 23.9 Å². The second-order valence-electron chi connectivity index (χ2n) is 5.18. The van der Waals surface area contributed by atoms with E-state index in [1.165, 1.54) is 6.07 Å². The number of fused-ring (bicyclic) bond motifs is 1. The molecule has 0 bridgehead atoms. The minimum absolute atomic E-state index is 0.227. The Morgan fingerprint density at radius 1 is 1.04 bits per heavy atom. The average molecular weight is 345 g/mol. The molecule has 1 heterocycles. The minimum atomic E-state index is -1.00. The van der Waals surface area contributed by atoms with Crippen LogP contribution in [-0.2, 0) is 16.0 Å². The van der Waals surface area contributed by atoms with Crippen LogP contribution in [0.25, 0.3) is 0 Å². The van der Waals surface area contributed by atoms with E-state index in [0.717, 1.165) is 5.56 Å². The molecule has 0 aromatic heterocycles. The number of rotatable bonds is 2. The van der Waals surface area contributed by atoms with E-state index in [9.17, 15) is 14.4 Å². The molecule has 2 N–H and O–H groups in total. The molecule has 0 aliphatic carbocycles. The third-order valence-corrected chi connectivity index (χ3v) is 3.93. The lowest BCUT2D eigenvalue weighted by molar-refractivity contribution is -0.131. The highest BCUT2D eigenvalue weighted by molar-refractivity contribution is 6.33. The van der Waals surface area contributed by atoms with Gasteiger partial charge in [-0.15, -0.1) is 0 Å². The number of nitrogens with one attached hydrogen (secondary N) is 2. The first-order valence-corrected chi connectivity index (χ1v) is 7.57. The van der Waals surface area contributed by atoms with Crippen LogP contribution in [0.3, 0.4) is 0 Å². The van der Waals surface area contributed by atoms with Gasteiger partial charge in [0.05, 0.1) is 16.1 Å². The van der Waals surface area contributed by atoms with Crippen LogP contribution in [0.1, 0.15) is 26.3 Å². The first-order valence-electron chi connectivity index (χ1n) is 7.20. The molecule has 2 amide bonds. The fourth-order valence-electron chi connectivity index (χ4n) is 2.39. The molecule has 2 aromatic rings. The largest absolute Gasteiger partial charge is 0.448 e. The number of carbonyl (C=O) groups is 3. The molecule has 0 spiro atoms. The summed E-state index contributed by atoms with van der Waals surface area (Å²) in [5.41, 5.74) is 5.92. The van der Waals surface area contributed by atoms with Crippen LogP contribution in [0, 0.1) is 0 Å². The van der Waals surface area contributed by atoms with Crippen molar-refractivity contribution in [2.45, 2.75) is 12.5 Å². The first-order chi connectivity index (χ1) is 11.6. The monoisotopic (exact) mass is 344 g/mol. The Bertz CT molecular complexity index is 822. The van der Waals surface area contributed by atoms with Crippen molar-refractivity contribution in [1.29, 1.82) is 0 Å². The smallest absolute Gasteiger partial charge is 0.339 e. The summed E-state index contributed by atoms with van der Waals surface area (Å²) in [6, 6.07) is 13.4. The Balaban J connectivity index is 1.63. The summed E-state index contributed by atoms with van der Waals surface area (Å²) in [5, 5.41) is 0.266. The van der Waals surface area contributed by atoms with Crippen LogP contribution in [0.5, 0.6) is 0 Å². The molecule has 1 aliphatic rings. The lowest BCUT2D eigenvalue weighted by atomic mass is 9.98. The van der Waals surface area contributed by atoms with Gasteiger partial charge >= 0.3 is 5.97 Å². The molecular formula is C17H13ClN2O4. The highest BCUT2D eigenvalue weighted by atomic mass is 35.5. The molecule has 1 atom stereocenters. The number of cyclic esters (lactones) is 1. The molecule has 0 saturated heterocycles. The Morgan fingerprint density at radius 2 is 1.75 bits per heavy atom. The van der Waals surface area contributed by atoms with E-state index in [1.54, 1.807) is 42.5 Å². The number of esters is 1. The van der Waals surface area contributed by atoms with Crippen molar-refractivity contribution in [2.24, 2.45) is 0 Å². The van der Waals surface area contributed by atoms with Crippen LogP contribution >= 0.6 is 11.6 Å². The van der Waals surface area contributed by atoms with Gasteiger partial charge in [-0.3, -0.25) is 20.4 Å². The number of hydrogen-bond donors (Lipinski definition) is 2. The number of carbonyl (C=O) groups excluding carboxylic acids is 3. The topological polar surface area (TPSA) is 84.5 Å². The van der Waals surface area contributed by atoms with Crippen molar-refractivity contribution < 1.29 is 19.1 Å². The summed E-state index contributed by atoms with van der Waals surface area (Å²) in [7, 11) is 0. The van der Waals surface area contributed by atoms with Crippen LogP contribution in [0.4, 0.5) is 0 Å². The molecule has 0 radical (unpaired) electrons. The van der Waals surface area contributed by atoms with E-state index in [2.05, 4.69) is 10.9 Å². The van der Waals surface area contributed by atoms with Crippen LogP contribution in [0.15, 0.2) is 48.5 Å². The summed E-state index contributed by atoms with van der Waals surface area (Å²) in [6.07, 6.45) is -0.755. The molecule has 1 unspecified atom stereocenters. The highest BCUT2D eigenvalue weighted by Gasteiger charge is 2.31. The molecule has 122 valence electrons. The number of amides is 2. The van der Waals surface area contributed by atoms with Crippen molar-refractivity contribution in [3.63, 3.8) is 0 Å². The van der Waals surface area contributed by atoms with Gasteiger partial charge in [0.15, 0.2) is 6.10 Å². The standard InChI is InChI=1S/C17H13ClN2O4/c18-13-8-4-3-7-12(13)15(21)19-20-16(22)14-9-10-5-1-2-6-11(10)17(23)24-14/h1-8,14H,9H2,(H,19,21)(H,20,22). The molecule has 0 saturated carbocycles. The summed E-state index contributed by atoms with van der Waals surface area (Å²) in [5.74, 6) is -1.73. The van der Waals surface area contributed by atoms with Gasteiger partial charge in [0.1, 0.15) is 0 Å². The van der Waals surface area contributed by atoms with Crippen molar-refractivity contribution in [3.8, 4) is 0 Å². The zero-order valence-electron chi connectivity index (χ0n) is 12.4. The second-order valence-corrected chi connectivity index (χ2v) is 5.59. The van der Waals surface area contributed by atoms with Crippen LogP contribution < -0.4 is 10.9 Å². The zero-order chi connectivity index (χ0) is 17.1. The maximum Gasteiger partial charge on any atom is 0.339 e.